The highest BCUT2D eigenvalue weighted by Crippen LogP contribution is 2.29. The van der Waals surface area contributed by atoms with E-state index in [2.05, 4.69) is 11.2 Å². The fraction of sp³-hybridized carbons (Fsp3) is 0.357. The van der Waals surface area contributed by atoms with Crippen LogP contribution in [-0.2, 0) is 4.79 Å². The SMILES string of the molecule is C#CCNC(=O)COc1cc(OC)ccc1[C@H](C)O. The van der Waals surface area contributed by atoms with Gasteiger partial charge in [-0.05, 0) is 19.1 Å². The van der Waals surface area contributed by atoms with Crippen molar-refractivity contribution in [3.8, 4) is 23.8 Å². The molecule has 0 fully saturated rings. The van der Waals surface area contributed by atoms with Crippen molar-refractivity contribution >= 4 is 5.91 Å². The number of carbonyl (C=O) groups excluding carboxylic acids is 1. The van der Waals surface area contributed by atoms with Crippen molar-refractivity contribution in [3.05, 3.63) is 23.8 Å². The minimum absolute atomic E-state index is 0.156. The third-order valence-electron chi connectivity index (χ3n) is 2.42. The van der Waals surface area contributed by atoms with Gasteiger partial charge in [-0.15, -0.1) is 6.42 Å². The second-order valence-corrected chi connectivity index (χ2v) is 3.85. The predicted molar refractivity (Wildman–Crippen MR) is 71.0 cm³/mol. The van der Waals surface area contributed by atoms with E-state index in [1.165, 1.54) is 7.11 Å². The van der Waals surface area contributed by atoms with E-state index in [9.17, 15) is 9.90 Å². The van der Waals surface area contributed by atoms with Gasteiger partial charge in [-0.3, -0.25) is 4.79 Å². The maximum atomic E-state index is 11.4. The Morgan fingerprint density at radius 1 is 1.58 bits per heavy atom. The fourth-order valence-corrected chi connectivity index (χ4v) is 1.46. The summed E-state index contributed by atoms with van der Waals surface area (Å²) in [6.07, 6.45) is 4.33. The number of ether oxygens (including phenoxy) is 2. The third-order valence-corrected chi connectivity index (χ3v) is 2.42. The van der Waals surface area contributed by atoms with E-state index in [0.717, 1.165) is 0 Å². The van der Waals surface area contributed by atoms with E-state index in [1.807, 2.05) is 0 Å². The highest BCUT2D eigenvalue weighted by atomic mass is 16.5. The summed E-state index contributed by atoms with van der Waals surface area (Å²) < 4.78 is 10.5. The minimum atomic E-state index is -0.699. The summed E-state index contributed by atoms with van der Waals surface area (Å²) in [7, 11) is 1.53. The molecular weight excluding hydrogens is 246 g/mol. The number of aliphatic hydroxyl groups excluding tert-OH is 1. The molecule has 0 unspecified atom stereocenters. The zero-order chi connectivity index (χ0) is 14.3. The monoisotopic (exact) mass is 263 g/mol. The third kappa shape index (κ3) is 4.53. The van der Waals surface area contributed by atoms with Crippen LogP contribution in [0.15, 0.2) is 18.2 Å². The Hall–Kier alpha value is -2.19. The van der Waals surface area contributed by atoms with Gasteiger partial charge in [0.2, 0.25) is 0 Å². The van der Waals surface area contributed by atoms with Crippen LogP contribution in [0.2, 0.25) is 0 Å². The molecule has 0 saturated carbocycles. The van der Waals surface area contributed by atoms with Crippen molar-refractivity contribution in [3.63, 3.8) is 0 Å². The Morgan fingerprint density at radius 2 is 2.32 bits per heavy atom. The first-order valence-electron chi connectivity index (χ1n) is 5.77. The molecule has 19 heavy (non-hydrogen) atoms. The lowest BCUT2D eigenvalue weighted by atomic mass is 10.1. The quantitative estimate of drug-likeness (QED) is 0.748. The number of benzene rings is 1. The molecule has 1 aromatic rings. The molecule has 0 aromatic heterocycles. The Bertz CT molecular complexity index is 477. The largest absolute Gasteiger partial charge is 0.497 e. The minimum Gasteiger partial charge on any atom is -0.497 e. The van der Waals surface area contributed by atoms with Crippen molar-refractivity contribution in [2.75, 3.05) is 20.3 Å². The van der Waals surface area contributed by atoms with Crippen molar-refractivity contribution in [1.82, 2.24) is 5.32 Å². The predicted octanol–water partition coefficient (Wildman–Crippen LogP) is 0.877. The molecule has 0 aliphatic carbocycles. The highest BCUT2D eigenvalue weighted by Gasteiger charge is 2.12. The van der Waals surface area contributed by atoms with E-state index in [0.29, 0.717) is 17.1 Å². The van der Waals surface area contributed by atoms with E-state index in [1.54, 1.807) is 25.1 Å². The van der Waals surface area contributed by atoms with Crippen LogP contribution in [-0.4, -0.2) is 31.3 Å². The van der Waals surface area contributed by atoms with Gasteiger partial charge in [0.15, 0.2) is 6.61 Å². The molecule has 1 atom stereocenters. The van der Waals surface area contributed by atoms with Gasteiger partial charge >= 0.3 is 0 Å². The Morgan fingerprint density at radius 3 is 2.89 bits per heavy atom. The molecule has 1 amide bonds. The van der Waals surface area contributed by atoms with Crippen LogP contribution < -0.4 is 14.8 Å². The second-order valence-electron chi connectivity index (χ2n) is 3.85. The lowest BCUT2D eigenvalue weighted by Gasteiger charge is -2.14. The molecule has 1 rings (SSSR count). The Labute approximate surface area is 112 Å². The summed E-state index contributed by atoms with van der Waals surface area (Å²) in [6.45, 7) is 1.60. The average Bonchev–Trinajstić information content (AvgIpc) is 2.42. The number of hydrogen-bond donors (Lipinski definition) is 2. The van der Waals surface area contributed by atoms with Gasteiger partial charge in [0.05, 0.1) is 19.8 Å². The number of rotatable bonds is 6. The van der Waals surface area contributed by atoms with Gasteiger partial charge in [0, 0.05) is 11.6 Å². The highest BCUT2D eigenvalue weighted by molar-refractivity contribution is 5.77. The molecule has 5 nitrogen and oxygen atoms in total. The summed E-state index contributed by atoms with van der Waals surface area (Å²) in [5.41, 5.74) is 0.588. The standard InChI is InChI=1S/C14H17NO4/c1-4-7-15-14(17)9-19-13-8-11(18-3)5-6-12(13)10(2)16/h1,5-6,8,10,16H,7,9H2,2-3H3,(H,15,17)/t10-/m0/s1. The molecule has 0 bridgehead atoms. The molecule has 0 aliphatic rings. The van der Waals surface area contributed by atoms with Crippen molar-refractivity contribution in [1.29, 1.82) is 0 Å². The molecule has 1 aromatic carbocycles. The van der Waals surface area contributed by atoms with Crippen LogP contribution in [0.1, 0.15) is 18.6 Å². The molecule has 0 spiro atoms. The molecule has 102 valence electrons. The van der Waals surface area contributed by atoms with E-state index in [4.69, 9.17) is 15.9 Å². The van der Waals surface area contributed by atoms with Gasteiger partial charge in [-0.2, -0.15) is 0 Å². The zero-order valence-corrected chi connectivity index (χ0v) is 11.0. The van der Waals surface area contributed by atoms with Crippen molar-refractivity contribution in [2.45, 2.75) is 13.0 Å². The number of nitrogens with one attached hydrogen (secondary N) is 1. The Kier molecular flexibility index (Phi) is 5.71. The number of terminal acetylenes is 1. The maximum absolute atomic E-state index is 11.4. The molecule has 5 heteroatoms. The van der Waals surface area contributed by atoms with Crippen LogP contribution in [0.4, 0.5) is 0 Å². The summed E-state index contributed by atoms with van der Waals surface area (Å²) in [5, 5.41) is 12.1. The number of aliphatic hydroxyl groups is 1. The summed E-state index contributed by atoms with van der Waals surface area (Å²) in [5.74, 6) is 2.97. The van der Waals surface area contributed by atoms with Crippen LogP contribution in [0, 0.1) is 12.3 Å². The smallest absolute Gasteiger partial charge is 0.258 e. The lowest BCUT2D eigenvalue weighted by molar-refractivity contribution is -0.122. The summed E-state index contributed by atoms with van der Waals surface area (Å²) >= 11 is 0. The van der Waals surface area contributed by atoms with Gasteiger partial charge in [-0.25, -0.2) is 0 Å². The Balaban J connectivity index is 2.75. The molecule has 0 heterocycles. The molecule has 0 aliphatic heterocycles. The van der Waals surface area contributed by atoms with E-state index >= 15 is 0 Å². The molecule has 0 saturated heterocycles. The molecule has 2 N–H and O–H groups in total. The van der Waals surface area contributed by atoms with Gasteiger partial charge in [-0.1, -0.05) is 5.92 Å². The number of methoxy groups -OCH3 is 1. The van der Waals surface area contributed by atoms with E-state index in [-0.39, 0.29) is 19.1 Å². The summed E-state index contributed by atoms with van der Waals surface area (Å²) in [4.78, 5) is 11.4. The van der Waals surface area contributed by atoms with Crippen molar-refractivity contribution in [2.24, 2.45) is 0 Å². The second kappa shape index (κ2) is 7.29. The molecular formula is C14H17NO4. The molecule has 0 radical (unpaired) electrons. The number of hydrogen-bond acceptors (Lipinski definition) is 4. The van der Waals surface area contributed by atoms with E-state index < -0.39 is 6.10 Å². The summed E-state index contributed by atoms with van der Waals surface area (Å²) in [6, 6.07) is 5.03. The topological polar surface area (TPSA) is 67.8 Å². The van der Waals surface area contributed by atoms with Gasteiger partial charge < -0.3 is 19.9 Å². The van der Waals surface area contributed by atoms with Crippen LogP contribution in [0.5, 0.6) is 11.5 Å². The first-order valence-corrected chi connectivity index (χ1v) is 5.77. The lowest BCUT2D eigenvalue weighted by Crippen LogP contribution is -2.29. The van der Waals surface area contributed by atoms with Crippen LogP contribution in [0.3, 0.4) is 0 Å². The normalized spacial score (nSPS) is 11.3. The van der Waals surface area contributed by atoms with Crippen LogP contribution in [0.25, 0.3) is 0 Å². The van der Waals surface area contributed by atoms with Gasteiger partial charge in [0.25, 0.3) is 5.91 Å². The van der Waals surface area contributed by atoms with Gasteiger partial charge in [0.1, 0.15) is 11.5 Å². The maximum Gasteiger partial charge on any atom is 0.258 e. The van der Waals surface area contributed by atoms with Crippen molar-refractivity contribution < 1.29 is 19.4 Å². The first-order chi connectivity index (χ1) is 9.08. The number of amides is 1. The zero-order valence-electron chi connectivity index (χ0n) is 11.0. The first kappa shape index (κ1) is 14.9. The van der Waals surface area contributed by atoms with Crippen LogP contribution >= 0.6 is 0 Å². The fourth-order valence-electron chi connectivity index (χ4n) is 1.46. The average molecular weight is 263 g/mol. The number of carbonyl (C=O) groups is 1.